The molecule has 1 aromatic carbocycles. The van der Waals surface area contributed by atoms with Crippen LogP contribution < -0.4 is 15.2 Å². The predicted octanol–water partition coefficient (Wildman–Crippen LogP) is 1.75. The summed E-state index contributed by atoms with van der Waals surface area (Å²) in [7, 11) is 3.76. The van der Waals surface area contributed by atoms with Gasteiger partial charge in [0.05, 0.1) is 12.8 Å². The third-order valence-corrected chi connectivity index (χ3v) is 3.09. The van der Waals surface area contributed by atoms with Gasteiger partial charge in [-0.1, -0.05) is 0 Å². The Kier molecular flexibility index (Phi) is 3.74. The van der Waals surface area contributed by atoms with E-state index in [1.54, 1.807) is 13.2 Å². The van der Waals surface area contributed by atoms with Crippen LogP contribution in [0.5, 0.6) is 11.5 Å². The Hall–Kier alpha value is -1.42. The van der Waals surface area contributed by atoms with Gasteiger partial charge in [0.25, 0.3) is 0 Å². The van der Waals surface area contributed by atoms with Crippen LogP contribution >= 0.6 is 0 Å². The zero-order valence-electron chi connectivity index (χ0n) is 10.5. The molecular weight excluding hydrogens is 216 g/mol. The molecule has 0 aliphatic heterocycles. The van der Waals surface area contributed by atoms with E-state index in [0.29, 0.717) is 12.3 Å². The van der Waals surface area contributed by atoms with Crippen LogP contribution in [-0.4, -0.2) is 38.3 Å². The summed E-state index contributed by atoms with van der Waals surface area (Å²) < 4.78 is 10.8. The highest BCUT2D eigenvalue weighted by Crippen LogP contribution is 2.27. The molecule has 1 saturated carbocycles. The molecule has 2 N–H and O–H groups in total. The molecule has 1 fully saturated rings. The maximum absolute atomic E-state index is 5.87. The van der Waals surface area contributed by atoms with E-state index in [1.165, 1.54) is 12.8 Å². The summed E-state index contributed by atoms with van der Waals surface area (Å²) in [5.41, 5.74) is 6.49. The van der Waals surface area contributed by atoms with Crippen LogP contribution in [0.25, 0.3) is 0 Å². The van der Waals surface area contributed by atoms with Crippen LogP contribution in [0.4, 0.5) is 5.69 Å². The minimum Gasteiger partial charge on any atom is -0.497 e. The van der Waals surface area contributed by atoms with E-state index in [2.05, 4.69) is 11.9 Å². The molecule has 0 bridgehead atoms. The molecule has 0 radical (unpaired) electrons. The van der Waals surface area contributed by atoms with Crippen LogP contribution in [0.2, 0.25) is 0 Å². The second kappa shape index (κ2) is 5.27. The molecule has 4 heteroatoms. The highest BCUT2D eigenvalue weighted by atomic mass is 16.5. The van der Waals surface area contributed by atoms with E-state index in [0.717, 1.165) is 24.1 Å². The van der Waals surface area contributed by atoms with Gasteiger partial charge in [-0.3, -0.25) is 0 Å². The number of likely N-dealkylation sites (N-methyl/N-ethyl adjacent to an activating group) is 1. The standard InChI is InChI=1S/C13H20N2O2/c1-15(10-3-4-10)7-8-17-13-6-5-11(16-2)9-12(13)14/h5-6,9-10H,3-4,7-8,14H2,1-2H3. The Balaban J connectivity index is 1.81. The quantitative estimate of drug-likeness (QED) is 0.764. The molecule has 0 aromatic heterocycles. The number of methoxy groups -OCH3 is 1. The van der Waals surface area contributed by atoms with E-state index >= 15 is 0 Å². The third-order valence-electron chi connectivity index (χ3n) is 3.09. The van der Waals surface area contributed by atoms with Gasteiger partial charge in [-0.25, -0.2) is 0 Å². The summed E-state index contributed by atoms with van der Waals surface area (Å²) >= 11 is 0. The van der Waals surface area contributed by atoms with Crippen LogP contribution in [0.3, 0.4) is 0 Å². The summed E-state index contributed by atoms with van der Waals surface area (Å²) in [4.78, 5) is 2.33. The first-order valence-electron chi connectivity index (χ1n) is 5.97. The van der Waals surface area contributed by atoms with Crippen molar-refractivity contribution < 1.29 is 9.47 Å². The monoisotopic (exact) mass is 236 g/mol. The van der Waals surface area contributed by atoms with Gasteiger partial charge in [0.1, 0.15) is 18.1 Å². The first-order valence-corrected chi connectivity index (χ1v) is 5.97. The topological polar surface area (TPSA) is 47.7 Å². The summed E-state index contributed by atoms with van der Waals surface area (Å²) in [6, 6.07) is 6.26. The molecule has 0 spiro atoms. The molecule has 0 atom stereocenters. The fraction of sp³-hybridized carbons (Fsp3) is 0.538. The number of hydrogen-bond donors (Lipinski definition) is 1. The minimum atomic E-state index is 0.624. The zero-order valence-corrected chi connectivity index (χ0v) is 10.5. The van der Waals surface area contributed by atoms with Crippen molar-refractivity contribution in [2.75, 3.05) is 33.0 Å². The maximum Gasteiger partial charge on any atom is 0.142 e. The smallest absolute Gasteiger partial charge is 0.142 e. The second-order valence-electron chi connectivity index (χ2n) is 4.46. The average Bonchev–Trinajstić information content (AvgIpc) is 3.15. The Labute approximate surface area is 102 Å². The number of nitrogen functional groups attached to an aromatic ring is 1. The Morgan fingerprint density at radius 3 is 2.76 bits per heavy atom. The summed E-state index contributed by atoms with van der Waals surface area (Å²) in [5, 5.41) is 0. The molecule has 0 unspecified atom stereocenters. The molecule has 0 amide bonds. The lowest BCUT2D eigenvalue weighted by Gasteiger charge is -2.16. The predicted molar refractivity (Wildman–Crippen MR) is 68.6 cm³/mol. The first-order chi connectivity index (χ1) is 8.20. The summed E-state index contributed by atoms with van der Waals surface area (Å²) in [5.74, 6) is 1.49. The number of nitrogens with two attached hydrogens (primary N) is 1. The molecule has 17 heavy (non-hydrogen) atoms. The van der Waals surface area contributed by atoms with Crippen LogP contribution in [0, 0.1) is 0 Å². The molecule has 1 aliphatic rings. The van der Waals surface area contributed by atoms with Crippen molar-refractivity contribution in [3.63, 3.8) is 0 Å². The lowest BCUT2D eigenvalue weighted by Crippen LogP contribution is -2.26. The lowest BCUT2D eigenvalue weighted by molar-refractivity contribution is 0.232. The van der Waals surface area contributed by atoms with Gasteiger partial charge >= 0.3 is 0 Å². The van der Waals surface area contributed by atoms with Crippen molar-refractivity contribution in [2.24, 2.45) is 0 Å². The van der Waals surface area contributed by atoms with E-state index in [9.17, 15) is 0 Å². The van der Waals surface area contributed by atoms with E-state index < -0.39 is 0 Å². The number of ether oxygens (including phenoxy) is 2. The minimum absolute atomic E-state index is 0.624. The summed E-state index contributed by atoms with van der Waals surface area (Å²) in [6.45, 7) is 1.61. The molecule has 4 nitrogen and oxygen atoms in total. The maximum atomic E-state index is 5.87. The van der Waals surface area contributed by atoms with Crippen molar-refractivity contribution >= 4 is 5.69 Å². The van der Waals surface area contributed by atoms with Gasteiger partial charge in [-0.05, 0) is 32.0 Å². The van der Waals surface area contributed by atoms with Gasteiger partial charge in [0, 0.05) is 18.7 Å². The Bertz CT molecular complexity index is 378. The molecule has 0 heterocycles. The van der Waals surface area contributed by atoms with Gasteiger partial charge in [-0.15, -0.1) is 0 Å². The molecule has 94 valence electrons. The van der Waals surface area contributed by atoms with Gasteiger partial charge in [0.15, 0.2) is 0 Å². The van der Waals surface area contributed by atoms with Gasteiger partial charge < -0.3 is 20.1 Å². The van der Waals surface area contributed by atoms with Crippen molar-refractivity contribution in [1.29, 1.82) is 0 Å². The van der Waals surface area contributed by atoms with Gasteiger partial charge in [0.2, 0.25) is 0 Å². The van der Waals surface area contributed by atoms with Crippen molar-refractivity contribution in [3.05, 3.63) is 18.2 Å². The highest BCUT2D eigenvalue weighted by Gasteiger charge is 2.25. The molecule has 1 aromatic rings. The number of benzene rings is 1. The number of rotatable bonds is 6. The second-order valence-corrected chi connectivity index (χ2v) is 4.46. The lowest BCUT2D eigenvalue weighted by atomic mass is 10.3. The van der Waals surface area contributed by atoms with Crippen molar-refractivity contribution in [2.45, 2.75) is 18.9 Å². The molecular formula is C13H20N2O2. The van der Waals surface area contributed by atoms with Gasteiger partial charge in [-0.2, -0.15) is 0 Å². The number of nitrogens with zero attached hydrogens (tertiary/aromatic N) is 1. The first kappa shape index (κ1) is 12.0. The van der Waals surface area contributed by atoms with Crippen LogP contribution in [-0.2, 0) is 0 Å². The zero-order chi connectivity index (χ0) is 12.3. The Morgan fingerprint density at radius 1 is 1.41 bits per heavy atom. The fourth-order valence-electron chi connectivity index (χ4n) is 1.78. The highest BCUT2D eigenvalue weighted by molar-refractivity contribution is 5.56. The molecule has 1 aliphatic carbocycles. The van der Waals surface area contributed by atoms with Crippen LogP contribution in [0.15, 0.2) is 18.2 Å². The molecule has 0 saturated heterocycles. The van der Waals surface area contributed by atoms with E-state index in [4.69, 9.17) is 15.2 Å². The normalized spacial score (nSPS) is 15.0. The third kappa shape index (κ3) is 3.27. The largest absolute Gasteiger partial charge is 0.497 e. The van der Waals surface area contributed by atoms with Crippen LogP contribution in [0.1, 0.15) is 12.8 Å². The Morgan fingerprint density at radius 2 is 2.18 bits per heavy atom. The summed E-state index contributed by atoms with van der Waals surface area (Å²) in [6.07, 6.45) is 2.64. The van der Waals surface area contributed by atoms with Crippen molar-refractivity contribution in [1.82, 2.24) is 4.90 Å². The number of hydrogen-bond acceptors (Lipinski definition) is 4. The SMILES string of the molecule is COc1ccc(OCCN(C)C2CC2)c(N)c1. The van der Waals surface area contributed by atoms with Crippen molar-refractivity contribution in [3.8, 4) is 11.5 Å². The van der Waals surface area contributed by atoms with E-state index in [1.807, 2.05) is 12.1 Å². The molecule has 2 rings (SSSR count). The van der Waals surface area contributed by atoms with E-state index in [-0.39, 0.29) is 0 Å². The fourth-order valence-corrected chi connectivity index (χ4v) is 1.78. The average molecular weight is 236 g/mol. The number of anilines is 1.